The van der Waals surface area contributed by atoms with Gasteiger partial charge in [-0.25, -0.2) is 8.78 Å². The van der Waals surface area contributed by atoms with Crippen molar-refractivity contribution in [2.24, 2.45) is 0 Å². The van der Waals surface area contributed by atoms with E-state index in [4.69, 9.17) is 4.74 Å². The van der Waals surface area contributed by atoms with Crippen LogP contribution in [0.3, 0.4) is 0 Å². The van der Waals surface area contributed by atoms with Crippen LogP contribution >= 0.6 is 0 Å². The van der Waals surface area contributed by atoms with Crippen molar-refractivity contribution in [1.29, 1.82) is 0 Å². The molecule has 5 heteroatoms. The lowest BCUT2D eigenvalue weighted by molar-refractivity contribution is 0.0935. The number of nitrogens with one attached hydrogen (secondary N) is 1. The van der Waals surface area contributed by atoms with Crippen LogP contribution in [-0.4, -0.2) is 12.0 Å². The molecule has 1 N–H and O–H groups in total. The third kappa shape index (κ3) is 4.52. The lowest BCUT2D eigenvalue weighted by Crippen LogP contribution is -2.27. The first-order valence-electron chi connectivity index (χ1n) is 7.39. The number of halogens is 2. The Kier molecular flexibility index (Phi) is 5.32. The lowest BCUT2D eigenvalue weighted by atomic mass is 10.1. The Labute approximate surface area is 134 Å². The maximum absolute atomic E-state index is 13.6. The normalized spacial score (nSPS) is 12.1. The monoisotopic (exact) mass is 319 g/mol. The van der Waals surface area contributed by atoms with Crippen LogP contribution in [0.2, 0.25) is 0 Å². The van der Waals surface area contributed by atoms with E-state index in [0.717, 1.165) is 23.8 Å². The molecule has 3 nitrogen and oxygen atoms in total. The molecule has 0 aliphatic heterocycles. The smallest absolute Gasteiger partial charge is 0.254 e. The fourth-order valence-electron chi connectivity index (χ4n) is 2.16. The van der Waals surface area contributed by atoms with E-state index in [0.29, 0.717) is 5.75 Å². The minimum Gasteiger partial charge on any atom is -0.491 e. The summed E-state index contributed by atoms with van der Waals surface area (Å²) in [6, 6.07) is 9.71. The Hall–Kier alpha value is -2.43. The number of carbonyl (C=O) groups is 1. The van der Waals surface area contributed by atoms with Crippen molar-refractivity contribution in [2.75, 3.05) is 0 Å². The van der Waals surface area contributed by atoms with Gasteiger partial charge in [0.15, 0.2) is 0 Å². The third-order valence-electron chi connectivity index (χ3n) is 3.25. The Bertz CT molecular complexity index is 701. The summed E-state index contributed by atoms with van der Waals surface area (Å²) in [5.41, 5.74) is 0.500. The molecule has 0 heterocycles. The van der Waals surface area contributed by atoms with Crippen molar-refractivity contribution in [3.05, 3.63) is 65.2 Å². The van der Waals surface area contributed by atoms with Gasteiger partial charge in [-0.15, -0.1) is 0 Å². The number of hydrogen-bond acceptors (Lipinski definition) is 2. The van der Waals surface area contributed by atoms with E-state index in [2.05, 4.69) is 5.32 Å². The molecule has 0 aliphatic rings. The molecule has 0 radical (unpaired) electrons. The van der Waals surface area contributed by atoms with Gasteiger partial charge in [-0.05, 0) is 56.7 Å². The van der Waals surface area contributed by atoms with Gasteiger partial charge in [0.2, 0.25) is 0 Å². The molecule has 2 aromatic rings. The van der Waals surface area contributed by atoms with E-state index in [1.165, 1.54) is 0 Å². The van der Waals surface area contributed by atoms with Crippen LogP contribution < -0.4 is 10.1 Å². The molecule has 1 atom stereocenters. The molecule has 23 heavy (non-hydrogen) atoms. The molecule has 0 fully saturated rings. The van der Waals surface area contributed by atoms with Crippen LogP contribution in [0.1, 0.15) is 42.7 Å². The van der Waals surface area contributed by atoms with Crippen molar-refractivity contribution in [1.82, 2.24) is 5.32 Å². The maximum Gasteiger partial charge on any atom is 0.254 e. The van der Waals surface area contributed by atoms with Gasteiger partial charge in [0.1, 0.15) is 17.4 Å². The van der Waals surface area contributed by atoms with Crippen molar-refractivity contribution in [2.45, 2.75) is 32.9 Å². The predicted molar refractivity (Wildman–Crippen MR) is 84.4 cm³/mol. The van der Waals surface area contributed by atoms with E-state index in [-0.39, 0.29) is 17.7 Å². The highest BCUT2D eigenvalue weighted by molar-refractivity contribution is 5.94. The molecule has 0 aromatic heterocycles. The van der Waals surface area contributed by atoms with E-state index in [1.807, 2.05) is 38.1 Å². The molecule has 0 spiro atoms. The quantitative estimate of drug-likeness (QED) is 0.895. The summed E-state index contributed by atoms with van der Waals surface area (Å²) in [5, 5.41) is 2.66. The van der Waals surface area contributed by atoms with Crippen molar-refractivity contribution in [3.8, 4) is 5.75 Å². The second-order valence-electron chi connectivity index (χ2n) is 5.56. The van der Waals surface area contributed by atoms with Gasteiger partial charge in [-0.2, -0.15) is 0 Å². The topological polar surface area (TPSA) is 38.3 Å². The average Bonchev–Trinajstić information content (AvgIpc) is 2.49. The minimum atomic E-state index is -0.756. The summed E-state index contributed by atoms with van der Waals surface area (Å²) >= 11 is 0. The molecule has 0 aliphatic carbocycles. The molecular weight excluding hydrogens is 300 g/mol. The molecule has 1 amide bonds. The van der Waals surface area contributed by atoms with Crippen LogP contribution in [0, 0.1) is 11.6 Å². The first-order valence-corrected chi connectivity index (χ1v) is 7.39. The highest BCUT2D eigenvalue weighted by atomic mass is 19.1. The average molecular weight is 319 g/mol. The van der Waals surface area contributed by atoms with Crippen molar-refractivity contribution >= 4 is 5.91 Å². The second-order valence-corrected chi connectivity index (χ2v) is 5.56. The number of ether oxygens (including phenoxy) is 1. The zero-order chi connectivity index (χ0) is 17.0. The van der Waals surface area contributed by atoms with Gasteiger partial charge in [0.05, 0.1) is 17.7 Å². The Morgan fingerprint density at radius 3 is 2.52 bits per heavy atom. The molecule has 0 saturated heterocycles. The first kappa shape index (κ1) is 16.9. The van der Waals surface area contributed by atoms with E-state index >= 15 is 0 Å². The van der Waals surface area contributed by atoms with E-state index < -0.39 is 17.5 Å². The van der Waals surface area contributed by atoms with Gasteiger partial charge in [0.25, 0.3) is 5.91 Å². The Balaban J connectivity index is 2.13. The molecule has 2 rings (SSSR count). The summed E-state index contributed by atoms with van der Waals surface area (Å²) in [7, 11) is 0. The molecular formula is C18H19F2NO2. The maximum atomic E-state index is 13.6. The fourth-order valence-corrected chi connectivity index (χ4v) is 2.16. The lowest BCUT2D eigenvalue weighted by Gasteiger charge is -2.17. The molecule has 1 unspecified atom stereocenters. The summed E-state index contributed by atoms with van der Waals surface area (Å²) in [4.78, 5) is 12.1. The summed E-state index contributed by atoms with van der Waals surface area (Å²) in [6.45, 7) is 5.61. The number of benzene rings is 2. The van der Waals surface area contributed by atoms with E-state index in [1.54, 1.807) is 6.92 Å². The number of rotatable bonds is 5. The standard InChI is InChI=1S/C18H19F2NO2/c1-11(2)23-15-6-4-5-13(9-15)12(3)21-18(22)16-10-14(19)7-8-17(16)20/h4-12H,1-3H3,(H,21,22). The van der Waals surface area contributed by atoms with Gasteiger partial charge >= 0.3 is 0 Å². The largest absolute Gasteiger partial charge is 0.491 e. The van der Waals surface area contributed by atoms with Crippen molar-refractivity contribution < 1.29 is 18.3 Å². The third-order valence-corrected chi connectivity index (χ3v) is 3.25. The van der Waals surface area contributed by atoms with Crippen LogP contribution in [-0.2, 0) is 0 Å². The SMILES string of the molecule is CC(C)Oc1cccc(C(C)NC(=O)c2cc(F)ccc2F)c1. The molecule has 122 valence electrons. The van der Waals surface area contributed by atoms with Gasteiger partial charge in [0, 0.05) is 0 Å². The number of hydrogen-bond donors (Lipinski definition) is 1. The van der Waals surface area contributed by atoms with Crippen LogP contribution in [0.4, 0.5) is 8.78 Å². The first-order chi connectivity index (χ1) is 10.9. The minimum absolute atomic E-state index is 0.0385. The van der Waals surface area contributed by atoms with Crippen LogP contribution in [0.15, 0.2) is 42.5 Å². The number of carbonyl (C=O) groups excluding carboxylic acids is 1. The Morgan fingerprint density at radius 2 is 1.83 bits per heavy atom. The van der Waals surface area contributed by atoms with Crippen LogP contribution in [0.5, 0.6) is 5.75 Å². The number of amides is 1. The zero-order valence-electron chi connectivity index (χ0n) is 13.3. The van der Waals surface area contributed by atoms with Crippen LogP contribution in [0.25, 0.3) is 0 Å². The Morgan fingerprint density at radius 1 is 1.09 bits per heavy atom. The predicted octanol–water partition coefficient (Wildman–Crippen LogP) is 4.24. The summed E-state index contributed by atoms with van der Waals surface area (Å²) in [6.07, 6.45) is 0.0385. The summed E-state index contributed by atoms with van der Waals surface area (Å²) < 4.78 is 32.4. The highest BCUT2D eigenvalue weighted by Crippen LogP contribution is 2.21. The molecule has 2 aromatic carbocycles. The van der Waals surface area contributed by atoms with Gasteiger partial charge < -0.3 is 10.1 Å². The van der Waals surface area contributed by atoms with Gasteiger partial charge in [-0.1, -0.05) is 12.1 Å². The van der Waals surface area contributed by atoms with Crippen molar-refractivity contribution in [3.63, 3.8) is 0 Å². The molecule has 0 bridgehead atoms. The molecule has 0 saturated carbocycles. The van der Waals surface area contributed by atoms with E-state index in [9.17, 15) is 13.6 Å². The summed E-state index contributed by atoms with van der Waals surface area (Å²) in [5.74, 6) is -1.38. The second kappa shape index (κ2) is 7.22. The fraction of sp³-hybridized carbons (Fsp3) is 0.278. The zero-order valence-corrected chi connectivity index (χ0v) is 13.3. The van der Waals surface area contributed by atoms with Gasteiger partial charge in [-0.3, -0.25) is 4.79 Å². The highest BCUT2D eigenvalue weighted by Gasteiger charge is 2.16.